The van der Waals surface area contributed by atoms with Crippen molar-refractivity contribution in [1.29, 1.82) is 5.26 Å². The zero-order valence-corrected chi connectivity index (χ0v) is 11.6. The number of ether oxygens (including phenoxy) is 1. The first-order chi connectivity index (χ1) is 9.35. The first-order valence-electron chi connectivity index (χ1n) is 6.42. The van der Waals surface area contributed by atoms with E-state index < -0.39 is 11.8 Å². The molecule has 0 aliphatic carbocycles. The maximum Gasteiger partial charge on any atom is 0.338 e. The zero-order chi connectivity index (χ0) is 15.2. The van der Waals surface area contributed by atoms with Crippen LogP contribution in [0.3, 0.4) is 0 Å². The number of unbranched alkanes of at least 4 members (excludes halogenated alkanes) is 1. The van der Waals surface area contributed by atoms with Gasteiger partial charge < -0.3 is 9.84 Å². The van der Waals surface area contributed by atoms with Gasteiger partial charge in [0, 0.05) is 6.07 Å². The number of carbonyl (C=O) groups is 1. The first-order valence-corrected chi connectivity index (χ1v) is 6.42. The second kappa shape index (κ2) is 6.90. The van der Waals surface area contributed by atoms with E-state index in [0.717, 1.165) is 25.3 Å². The molecule has 0 radical (unpaired) electrons. The summed E-state index contributed by atoms with van der Waals surface area (Å²) in [7, 11) is 0. The lowest BCUT2D eigenvalue weighted by atomic mass is 9.89. The maximum absolute atomic E-state index is 13.4. The van der Waals surface area contributed by atoms with Gasteiger partial charge in [0.2, 0.25) is 0 Å². The molecule has 0 saturated heterocycles. The number of hydrogen-bond acceptors (Lipinski definition) is 3. The Bertz CT molecular complexity index is 520. The minimum Gasteiger partial charge on any atom is -0.493 e. The zero-order valence-electron chi connectivity index (χ0n) is 11.6. The molecule has 0 fully saturated rings. The Kier molecular flexibility index (Phi) is 5.51. The smallest absolute Gasteiger partial charge is 0.338 e. The van der Waals surface area contributed by atoms with Gasteiger partial charge in [-0.25, -0.2) is 9.18 Å². The van der Waals surface area contributed by atoms with E-state index in [4.69, 9.17) is 15.1 Å². The van der Waals surface area contributed by atoms with Crippen LogP contribution in [0.1, 0.15) is 43.5 Å². The third-order valence-corrected chi connectivity index (χ3v) is 2.94. The number of nitrogens with zero attached hydrogens (tertiary/aromatic N) is 1. The van der Waals surface area contributed by atoms with Crippen LogP contribution in [0.15, 0.2) is 18.2 Å². The third-order valence-electron chi connectivity index (χ3n) is 2.94. The van der Waals surface area contributed by atoms with Gasteiger partial charge in [0.05, 0.1) is 23.7 Å². The van der Waals surface area contributed by atoms with Crippen molar-refractivity contribution in [3.05, 3.63) is 29.6 Å². The highest BCUT2D eigenvalue weighted by molar-refractivity contribution is 5.88. The van der Waals surface area contributed by atoms with Crippen LogP contribution in [0.2, 0.25) is 0 Å². The number of nitriles is 1. The molecular formula is C15H18FNO3. The van der Waals surface area contributed by atoms with Gasteiger partial charge >= 0.3 is 5.97 Å². The third kappa shape index (κ3) is 4.88. The maximum atomic E-state index is 13.4. The Morgan fingerprint density at radius 3 is 2.70 bits per heavy atom. The fourth-order valence-corrected chi connectivity index (χ4v) is 1.67. The van der Waals surface area contributed by atoms with Crippen LogP contribution in [0.4, 0.5) is 4.39 Å². The quantitative estimate of drug-likeness (QED) is 0.774. The number of benzene rings is 1. The lowest BCUT2D eigenvalue weighted by Crippen LogP contribution is -2.08. The van der Waals surface area contributed by atoms with E-state index >= 15 is 0 Å². The molecule has 0 bridgehead atoms. The average Bonchev–Trinajstić information content (AvgIpc) is 2.38. The Morgan fingerprint density at radius 1 is 1.45 bits per heavy atom. The number of aromatic carboxylic acids is 1. The summed E-state index contributed by atoms with van der Waals surface area (Å²) in [6.07, 6.45) is 2.38. The van der Waals surface area contributed by atoms with E-state index in [2.05, 4.69) is 6.07 Å². The van der Waals surface area contributed by atoms with E-state index in [-0.39, 0.29) is 11.0 Å². The van der Waals surface area contributed by atoms with E-state index in [9.17, 15) is 9.18 Å². The fourth-order valence-electron chi connectivity index (χ4n) is 1.67. The van der Waals surface area contributed by atoms with Gasteiger partial charge in [-0.05, 0) is 45.2 Å². The van der Waals surface area contributed by atoms with Crippen molar-refractivity contribution in [1.82, 2.24) is 0 Å². The molecule has 20 heavy (non-hydrogen) atoms. The van der Waals surface area contributed by atoms with Crippen LogP contribution < -0.4 is 4.74 Å². The molecule has 108 valence electrons. The first kappa shape index (κ1) is 16.0. The van der Waals surface area contributed by atoms with Crippen molar-refractivity contribution in [2.45, 2.75) is 33.1 Å². The molecule has 0 aromatic heterocycles. The van der Waals surface area contributed by atoms with E-state index in [1.165, 1.54) is 12.1 Å². The van der Waals surface area contributed by atoms with Gasteiger partial charge in [0.15, 0.2) is 0 Å². The molecule has 0 amide bonds. The summed E-state index contributed by atoms with van der Waals surface area (Å²) in [5.74, 6) is -1.79. The average molecular weight is 279 g/mol. The summed E-state index contributed by atoms with van der Waals surface area (Å²) < 4.78 is 18.7. The van der Waals surface area contributed by atoms with Crippen LogP contribution in [0, 0.1) is 22.6 Å². The van der Waals surface area contributed by atoms with Crippen molar-refractivity contribution in [2.24, 2.45) is 5.41 Å². The molecule has 1 aromatic rings. The number of rotatable bonds is 7. The molecule has 0 saturated carbocycles. The summed E-state index contributed by atoms with van der Waals surface area (Å²) in [4.78, 5) is 10.6. The molecule has 0 unspecified atom stereocenters. The predicted molar refractivity (Wildman–Crippen MR) is 72.1 cm³/mol. The van der Waals surface area contributed by atoms with Crippen LogP contribution in [0.5, 0.6) is 5.75 Å². The van der Waals surface area contributed by atoms with Gasteiger partial charge in [-0.15, -0.1) is 0 Å². The minimum atomic E-state index is -1.30. The molecule has 0 aliphatic rings. The van der Waals surface area contributed by atoms with Crippen molar-refractivity contribution in [2.75, 3.05) is 6.61 Å². The summed E-state index contributed by atoms with van der Waals surface area (Å²) in [5.41, 5.74) is -0.706. The van der Waals surface area contributed by atoms with Crippen LogP contribution in [-0.4, -0.2) is 17.7 Å². The molecule has 0 atom stereocenters. The normalized spacial score (nSPS) is 10.9. The molecule has 0 heterocycles. The highest BCUT2D eigenvalue weighted by Gasteiger charge is 2.15. The molecule has 0 spiro atoms. The molecule has 1 rings (SSSR count). The Hall–Kier alpha value is -2.09. The van der Waals surface area contributed by atoms with E-state index in [1.54, 1.807) is 0 Å². The molecule has 4 nitrogen and oxygen atoms in total. The topological polar surface area (TPSA) is 70.3 Å². The fraction of sp³-hybridized carbons (Fsp3) is 0.467. The molecule has 0 aliphatic heterocycles. The molecular weight excluding hydrogens is 261 g/mol. The second-order valence-electron chi connectivity index (χ2n) is 5.25. The minimum absolute atomic E-state index is 0.312. The van der Waals surface area contributed by atoms with Gasteiger partial charge in [0.25, 0.3) is 0 Å². The molecule has 1 aromatic carbocycles. The lowest BCUT2D eigenvalue weighted by Gasteiger charge is -2.14. The van der Waals surface area contributed by atoms with Gasteiger partial charge in [0.1, 0.15) is 11.6 Å². The van der Waals surface area contributed by atoms with Crippen LogP contribution in [0.25, 0.3) is 0 Å². The van der Waals surface area contributed by atoms with Crippen LogP contribution >= 0.6 is 0 Å². The standard InChI is InChI=1S/C15H18FNO3/c1-15(2,10-17)7-3-4-8-20-11-5-6-12(14(18)19)13(16)9-11/h5-6,9H,3-4,7-8H2,1-2H3,(H,18,19). The summed E-state index contributed by atoms with van der Waals surface area (Å²) in [5, 5.41) is 17.6. The summed E-state index contributed by atoms with van der Waals surface area (Å²) in [6.45, 7) is 4.18. The Balaban J connectivity index is 2.38. The largest absolute Gasteiger partial charge is 0.493 e. The molecule has 5 heteroatoms. The highest BCUT2D eigenvalue weighted by Crippen LogP contribution is 2.22. The van der Waals surface area contributed by atoms with Crippen molar-refractivity contribution in [3.8, 4) is 11.8 Å². The number of halogens is 1. The monoisotopic (exact) mass is 279 g/mol. The lowest BCUT2D eigenvalue weighted by molar-refractivity contribution is 0.0692. The Labute approximate surface area is 117 Å². The second-order valence-corrected chi connectivity index (χ2v) is 5.25. The van der Waals surface area contributed by atoms with Gasteiger partial charge in [-0.3, -0.25) is 0 Å². The van der Waals surface area contributed by atoms with E-state index in [0.29, 0.717) is 12.4 Å². The van der Waals surface area contributed by atoms with Crippen molar-refractivity contribution < 1.29 is 19.0 Å². The van der Waals surface area contributed by atoms with Crippen molar-refractivity contribution >= 4 is 5.97 Å². The van der Waals surface area contributed by atoms with Gasteiger partial charge in [-0.2, -0.15) is 5.26 Å². The summed E-state index contributed by atoms with van der Waals surface area (Å²) >= 11 is 0. The predicted octanol–water partition coefficient (Wildman–Crippen LogP) is 3.62. The van der Waals surface area contributed by atoms with Crippen molar-refractivity contribution in [3.63, 3.8) is 0 Å². The SMILES string of the molecule is CC(C)(C#N)CCCCOc1ccc(C(=O)O)c(F)c1. The Morgan fingerprint density at radius 2 is 2.15 bits per heavy atom. The summed E-state index contributed by atoms with van der Waals surface area (Å²) in [6, 6.07) is 5.92. The highest BCUT2D eigenvalue weighted by atomic mass is 19.1. The number of carboxylic acid groups (broad SMARTS) is 1. The van der Waals surface area contributed by atoms with Gasteiger partial charge in [-0.1, -0.05) is 0 Å². The number of hydrogen-bond donors (Lipinski definition) is 1. The number of carboxylic acids is 1. The van der Waals surface area contributed by atoms with E-state index in [1.807, 2.05) is 13.8 Å². The van der Waals surface area contributed by atoms with Crippen LogP contribution in [-0.2, 0) is 0 Å². The molecule has 1 N–H and O–H groups in total.